The van der Waals surface area contributed by atoms with Crippen LogP contribution < -0.4 is 11.1 Å². The van der Waals surface area contributed by atoms with Gasteiger partial charge in [0.2, 0.25) is 0 Å². The monoisotopic (exact) mass is 361 g/mol. The van der Waals surface area contributed by atoms with Gasteiger partial charge in [0.25, 0.3) is 0 Å². The van der Waals surface area contributed by atoms with Crippen molar-refractivity contribution in [1.29, 1.82) is 5.26 Å². The third kappa shape index (κ3) is 2.54. The van der Waals surface area contributed by atoms with E-state index in [-0.39, 0.29) is 5.92 Å². The first-order valence-electron chi connectivity index (χ1n) is 9.53. The molecule has 1 aromatic heterocycles. The van der Waals surface area contributed by atoms with Crippen molar-refractivity contribution in [3.05, 3.63) is 57.4 Å². The number of nitrogens with zero attached hydrogens (tertiary/aromatic N) is 1. The summed E-state index contributed by atoms with van der Waals surface area (Å²) in [6.45, 7) is 2.18. The van der Waals surface area contributed by atoms with Crippen LogP contribution in [0.25, 0.3) is 10.1 Å². The van der Waals surface area contributed by atoms with Crippen LogP contribution >= 0.6 is 11.3 Å². The number of hydrogen-bond donors (Lipinski definition) is 2. The summed E-state index contributed by atoms with van der Waals surface area (Å²) in [6, 6.07) is 8.46. The van der Waals surface area contributed by atoms with Crippen molar-refractivity contribution in [2.24, 2.45) is 17.6 Å². The number of nitrogens with one attached hydrogen (secondary N) is 1. The molecular formula is C22H23N3S. The lowest BCUT2D eigenvalue weighted by Gasteiger charge is -2.32. The maximum absolute atomic E-state index is 9.48. The van der Waals surface area contributed by atoms with Gasteiger partial charge in [-0.05, 0) is 84.4 Å². The quantitative estimate of drug-likeness (QED) is 0.795. The van der Waals surface area contributed by atoms with Crippen molar-refractivity contribution < 1.29 is 0 Å². The molecule has 0 saturated heterocycles. The summed E-state index contributed by atoms with van der Waals surface area (Å²) < 4.78 is 1.11. The number of allylic oxidation sites excluding steroid dienone is 3. The second kappa shape index (κ2) is 5.89. The molecule has 2 aliphatic carbocycles. The van der Waals surface area contributed by atoms with Crippen LogP contribution in [-0.2, 0) is 0 Å². The number of nitrogens with two attached hydrogens (primary N) is 1. The first-order chi connectivity index (χ1) is 12.7. The largest absolute Gasteiger partial charge is 0.385 e. The lowest BCUT2D eigenvalue weighted by atomic mass is 9.77. The van der Waals surface area contributed by atoms with Gasteiger partial charge in [-0.15, -0.1) is 11.3 Å². The van der Waals surface area contributed by atoms with Crippen LogP contribution in [0.4, 0.5) is 0 Å². The molecule has 0 amide bonds. The maximum Gasteiger partial charge on any atom is 0.101 e. The molecule has 26 heavy (non-hydrogen) atoms. The summed E-state index contributed by atoms with van der Waals surface area (Å²) in [5, 5.41) is 16.5. The van der Waals surface area contributed by atoms with Crippen LogP contribution in [-0.4, -0.2) is 0 Å². The van der Waals surface area contributed by atoms with Gasteiger partial charge in [0.15, 0.2) is 0 Å². The van der Waals surface area contributed by atoms with Gasteiger partial charge < -0.3 is 11.1 Å². The Morgan fingerprint density at radius 2 is 2.08 bits per heavy atom. The molecule has 132 valence electrons. The summed E-state index contributed by atoms with van der Waals surface area (Å²) in [5.41, 5.74) is 12.8. The highest BCUT2D eigenvalue weighted by molar-refractivity contribution is 7.17. The molecule has 1 aliphatic heterocycles. The minimum Gasteiger partial charge on any atom is -0.385 e. The van der Waals surface area contributed by atoms with Gasteiger partial charge in [-0.25, -0.2) is 0 Å². The van der Waals surface area contributed by atoms with Crippen molar-refractivity contribution >= 4 is 21.4 Å². The second-order valence-electron chi connectivity index (χ2n) is 7.98. The van der Waals surface area contributed by atoms with Gasteiger partial charge in [-0.3, -0.25) is 0 Å². The fraction of sp³-hybridized carbons (Fsp3) is 0.409. The Hall–Kier alpha value is -2.25. The highest BCUT2D eigenvalue weighted by Crippen LogP contribution is 2.53. The van der Waals surface area contributed by atoms with Gasteiger partial charge in [0.1, 0.15) is 11.9 Å². The van der Waals surface area contributed by atoms with E-state index in [0.29, 0.717) is 5.92 Å². The van der Waals surface area contributed by atoms with Crippen molar-refractivity contribution in [1.82, 2.24) is 5.32 Å². The topological polar surface area (TPSA) is 61.8 Å². The van der Waals surface area contributed by atoms with Crippen LogP contribution in [0.5, 0.6) is 0 Å². The number of rotatable bonds is 4. The Bertz CT molecular complexity index is 996. The molecule has 0 radical (unpaired) electrons. The third-order valence-corrected chi connectivity index (χ3v) is 7.09. The summed E-state index contributed by atoms with van der Waals surface area (Å²) in [6.07, 6.45) is 6.32. The molecule has 4 heteroatoms. The first-order valence-corrected chi connectivity index (χ1v) is 10.4. The number of dihydropyridines is 1. The number of nitriles is 1. The predicted molar refractivity (Wildman–Crippen MR) is 106 cm³/mol. The van der Waals surface area contributed by atoms with Gasteiger partial charge in [-0.2, -0.15) is 5.26 Å². The van der Waals surface area contributed by atoms with E-state index in [1.807, 2.05) is 12.1 Å². The molecule has 2 heterocycles. The second-order valence-corrected chi connectivity index (χ2v) is 8.86. The minimum atomic E-state index is 0.284. The Labute approximate surface area is 158 Å². The van der Waals surface area contributed by atoms with Gasteiger partial charge in [0, 0.05) is 11.6 Å². The zero-order valence-corrected chi connectivity index (χ0v) is 15.8. The lowest BCUT2D eigenvalue weighted by Crippen LogP contribution is -2.30. The van der Waals surface area contributed by atoms with Crippen molar-refractivity contribution in [3.63, 3.8) is 0 Å². The summed E-state index contributed by atoms with van der Waals surface area (Å²) >= 11 is 1.70. The van der Waals surface area contributed by atoms with Gasteiger partial charge in [0.05, 0.1) is 10.3 Å². The van der Waals surface area contributed by atoms with E-state index in [0.717, 1.165) is 28.4 Å². The highest BCUT2D eigenvalue weighted by Gasteiger charge is 2.40. The molecule has 0 spiro atoms. The smallest absolute Gasteiger partial charge is 0.101 e. The zero-order chi connectivity index (χ0) is 17.8. The number of hydrogen-bond acceptors (Lipinski definition) is 4. The van der Waals surface area contributed by atoms with Crippen LogP contribution in [0.2, 0.25) is 0 Å². The maximum atomic E-state index is 9.48. The molecule has 3 N–H and O–H groups in total. The molecule has 1 atom stereocenters. The molecule has 2 aromatic rings. The molecule has 1 unspecified atom stereocenters. The number of benzene rings is 1. The van der Waals surface area contributed by atoms with E-state index in [9.17, 15) is 5.26 Å². The average molecular weight is 362 g/mol. The SMILES string of the molecule is CC1=C(C2CC2)C(c2csc3c(C#N)cccc23)C(CC2CC2)=C(N)N1. The Morgan fingerprint density at radius 1 is 1.27 bits per heavy atom. The van der Waals surface area contributed by atoms with Crippen molar-refractivity contribution in [2.45, 2.75) is 44.9 Å². The normalized spacial score (nSPS) is 23.3. The molecule has 1 aromatic carbocycles. The van der Waals surface area contributed by atoms with Crippen molar-refractivity contribution in [3.8, 4) is 6.07 Å². The Morgan fingerprint density at radius 3 is 2.77 bits per heavy atom. The molecule has 0 bridgehead atoms. The minimum absolute atomic E-state index is 0.284. The number of fused-ring (bicyclic) bond motifs is 1. The highest BCUT2D eigenvalue weighted by atomic mass is 32.1. The Balaban J connectivity index is 1.70. The summed E-state index contributed by atoms with van der Waals surface area (Å²) in [5.74, 6) is 2.63. The van der Waals surface area contributed by atoms with E-state index >= 15 is 0 Å². The van der Waals surface area contributed by atoms with Crippen LogP contribution in [0.1, 0.15) is 56.1 Å². The van der Waals surface area contributed by atoms with Gasteiger partial charge >= 0.3 is 0 Å². The molecule has 5 rings (SSSR count). The average Bonchev–Trinajstić information content (AvgIpc) is 3.55. The standard InChI is InChI=1S/C22H23N3S/c1-12-19(14-7-8-14)20(17(22(24)25-12)9-13-5-6-13)18-11-26-21-15(10-23)3-2-4-16(18)21/h2-4,11,13-14,20,25H,5-9,24H2,1H3. The predicted octanol–water partition coefficient (Wildman–Crippen LogP) is 5.11. The van der Waals surface area contributed by atoms with Crippen LogP contribution in [0, 0.1) is 23.2 Å². The lowest BCUT2D eigenvalue weighted by molar-refractivity contribution is 0.656. The van der Waals surface area contributed by atoms with E-state index < -0.39 is 0 Å². The zero-order valence-electron chi connectivity index (χ0n) is 15.0. The van der Waals surface area contributed by atoms with E-state index in [2.05, 4.69) is 29.8 Å². The van der Waals surface area contributed by atoms with E-state index in [4.69, 9.17) is 5.73 Å². The van der Waals surface area contributed by atoms with E-state index in [1.54, 1.807) is 11.3 Å². The molecule has 3 nitrogen and oxygen atoms in total. The van der Waals surface area contributed by atoms with Gasteiger partial charge in [-0.1, -0.05) is 12.1 Å². The fourth-order valence-electron chi connectivity index (χ4n) is 4.46. The Kier molecular flexibility index (Phi) is 3.62. The molecule has 3 aliphatic rings. The van der Waals surface area contributed by atoms with Crippen molar-refractivity contribution in [2.75, 3.05) is 0 Å². The van der Waals surface area contributed by atoms with Crippen LogP contribution in [0.3, 0.4) is 0 Å². The fourth-order valence-corrected chi connectivity index (χ4v) is 5.52. The molecular weight excluding hydrogens is 338 g/mol. The third-order valence-electron chi connectivity index (χ3n) is 6.04. The van der Waals surface area contributed by atoms with E-state index in [1.165, 1.54) is 53.5 Å². The first kappa shape index (κ1) is 16.0. The number of thiophene rings is 1. The molecule has 2 saturated carbocycles. The summed E-state index contributed by atoms with van der Waals surface area (Å²) in [7, 11) is 0. The summed E-state index contributed by atoms with van der Waals surface area (Å²) in [4.78, 5) is 0. The molecule has 2 fully saturated rings. The van der Waals surface area contributed by atoms with Crippen LogP contribution in [0.15, 0.2) is 46.2 Å².